The molecule has 0 aliphatic carbocycles. The van der Waals surface area contributed by atoms with Crippen molar-refractivity contribution in [2.45, 2.75) is 6.54 Å². The van der Waals surface area contributed by atoms with Crippen LogP contribution in [0.5, 0.6) is 0 Å². The molecule has 3 rings (SSSR count). The molecule has 0 saturated heterocycles. The van der Waals surface area contributed by atoms with Crippen molar-refractivity contribution in [2.24, 2.45) is 0 Å². The average molecular weight is 280 g/mol. The van der Waals surface area contributed by atoms with Gasteiger partial charge in [0, 0.05) is 24.4 Å². The number of fused-ring (bicyclic) bond motifs is 1. The van der Waals surface area contributed by atoms with Crippen LogP contribution in [0.1, 0.15) is 15.9 Å². The number of pyridine rings is 1. The summed E-state index contributed by atoms with van der Waals surface area (Å²) >= 11 is 0. The molecule has 0 unspecified atom stereocenters. The van der Waals surface area contributed by atoms with Crippen molar-refractivity contribution in [1.82, 2.24) is 10.3 Å². The second-order valence-corrected chi connectivity index (χ2v) is 4.69. The number of benzene rings is 2. The van der Waals surface area contributed by atoms with Crippen LogP contribution in [0.2, 0.25) is 0 Å². The third-order valence-electron chi connectivity index (χ3n) is 3.31. The SMILES string of the molecule is O=C(NCc1cccc2ccccc12)c1ccnc(F)c1. The molecule has 0 atom stereocenters. The van der Waals surface area contributed by atoms with Gasteiger partial charge in [-0.15, -0.1) is 0 Å². The number of nitrogens with zero attached hydrogens (tertiary/aromatic N) is 1. The van der Waals surface area contributed by atoms with Crippen molar-refractivity contribution >= 4 is 16.7 Å². The summed E-state index contributed by atoms with van der Waals surface area (Å²) in [6, 6.07) is 16.5. The average Bonchev–Trinajstić information content (AvgIpc) is 2.52. The highest BCUT2D eigenvalue weighted by molar-refractivity contribution is 5.94. The van der Waals surface area contributed by atoms with E-state index in [-0.39, 0.29) is 11.5 Å². The van der Waals surface area contributed by atoms with Crippen LogP contribution in [0.25, 0.3) is 10.8 Å². The van der Waals surface area contributed by atoms with Crippen LogP contribution in [-0.2, 0) is 6.54 Å². The lowest BCUT2D eigenvalue weighted by Crippen LogP contribution is -2.23. The summed E-state index contributed by atoms with van der Waals surface area (Å²) in [5, 5.41) is 5.02. The molecule has 0 bridgehead atoms. The fraction of sp³-hybridized carbons (Fsp3) is 0.0588. The van der Waals surface area contributed by atoms with Crippen molar-refractivity contribution in [1.29, 1.82) is 0 Å². The minimum atomic E-state index is -0.659. The van der Waals surface area contributed by atoms with Gasteiger partial charge in [-0.25, -0.2) is 4.98 Å². The highest BCUT2D eigenvalue weighted by Gasteiger charge is 2.07. The van der Waals surface area contributed by atoms with Crippen molar-refractivity contribution < 1.29 is 9.18 Å². The minimum Gasteiger partial charge on any atom is -0.348 e. The van der Waals surface area contributed by atoms with E-state index in [2.05, 4.69) is 10.3 Å². The van der Waals surface area contributed by atoms with Gasteiger partial charge in [-0.1, -0.05) is 42.5 Å². The number of carbonyl (C=O) groups excluding carboxylic acids is 1. The normalized spacial score (nSPS) is 10.5. The Kier molecular flexibility index (Phi) is 3.60. The third-order valence-corrected chi connectivity index (χ3v) is 3.31. The zero-order valence-electron chi connectivity index (χ0n) is 11.2. The van der Waals surface area contributed by atoms with Crippen LogP contribution < -0.4 is 5.32 Å². The Morgan fingerprint density at radius 3 is 2.76 bits per heavy atom. The van der Waals surface area contributed by atoms with Gasteiger partial charge in [0.25, 0.3) is 5.91 Å². The van der Waals surface area contributed by atoms with Crippen LogP contribution in [0.3, 0.4) is 0 Å². The topological polar surface area (TPSA) is 42.0 Å². The molecule has 0 radical (unpaired) electrons. The van der Waals surface area contributed by atoms with Crippen LogP contribution in [0, 0.1) is 5.95 Å². The summed E-state index contributed by atoms with van der Waals surface area (Å²) < 4.78 is 13.0. The summed E-state index contributed by atoms with van der Waals surface area (Å²) in [7, 11) is 0. The zero-order chi connectivity index (χ0) is 14.7. The van der Waals surface area contributed by atoms with Gasteiger partial charge < -0.3 is 5.32 Å². The molecule has 2 aromatic carbocycles. The number of hydrogen-bond acceptors (Lipinski definition) is 2. The first kappa shape index (κ1) is 13.2. The fourth-order valence-corrected chi connectivity index (χ4v) is 2.27. The van der Waals surface area contributed by atoms with Gasteiger partial charge in [-0.05, 0) is 22.4 Å². The predicted molar refractivity (Wildman–Crippen MR) is 79.3 cm³/mol. The predicted octanol–water partition coefficient (Wildman–Crippen LogP) is 3.30. The molecule has 1 heterocycles. The maximum Gasteiger partial charge on any atom is 0.251 e. The van der Waals surface area contributed by atoms with E-state index in [4.69, 9.17) is 0 Å². The number of amides is 1. The fourth-order valence-electron chi connectivity index (χ4n) is 2.27. The minimum absolute atomic E-state index is 0.266. The molecule has 3 nitrogen and oxygen atoms in total. The molecule has 104 valence electrons. The third kappa shape index (κ3) is 2.89. The number of hydrogen-bond donors (Lipinski definition) is 1. The lowest BCUT2D eigenvalue weighted by Gasteiger charge is -2.08. The summed E-state index contributed by atoms with van der Waals surface area (Å²) in [6.07, 6.45) is 1.28. The highest BCUT2D eigenvalue weighted by atomic mass is 19.1. The van der Waals surface area contributed by atoms with Crippen molar-refractivity contribution in [3.05, 3.63) is 77.9 Å². The molecule has 1 amide bonds. The maximum absolute atomic E-state index is 13.0. The maximum atomic E-state index is 13.0. The number of nitrogens with one attached hydrogen (secondary N) is 1. The molecule has 0 spiro atoms. The van der Waals surface area contributed by atoms with Gasteiger partial charge >= 0.3 is 0 Å². The van der Waals surface area contributed by atoms with Crippen molar-refractivity contribution in [2.75, 3.05) is 0 Å². The van der Waals surface area contributed by atoms with Gasteiger partial charge in [0.2, 0.25) is 5.95 Å². The first-order chi connectivity index (χ1) is 10.2. The standard InChI is InChI=1S/C17H13FN2O/c18-16-10-13(8-9-19-16)17(21)20-11-14-6-3-5-12-4-1-2-7-15(12)14/h1-10H,11H2,(H,20,21). The Bertz CT molecular complexity index is 796. The van der Waals surface area contributed by atoms with E-state index in [0.717, 1.165) is 22.4 Å². The Balaban J connectivity index is 1.79. The number of carbonyl (C=O) groups is 1. The van der Waals surface area contributed by atoms with E-state index in [1.807, 2.05) is 42.5 Å². The van der Waals surface area contributed by atoms with E-state index in [0.29, 0.717) is 6.54 Å². The number of aromatic nitrogens is 1. The molecule has 21 heavy (non-hydrogen) atoms. The second kappa shape index (κ2) is 5.71. The van der Waals surface area contributed by atoms with Gasteiger partial charge in [-0.2, -0.15) is 4.39 Å². The molecule has 0 aliphatic heterocycles. The van der Waals surface area contributed by atoms with Gasteiger partial charge in [-0.3, -0.25) is 4.79 Å². The van der Waals surface area contributed by atoms with Crippen LogP contribution >= 0.6 is 0 Å². The summed E-state index contributed by atoms with van der Waals surface area (Å²) in [6.45, 7) is 0.393. The van der Waals surface area contributed by atoms with Crippen molar-refractivity contribution in [3.8, 4) is 0 Å². The van der Waals surface area contributed by atoms with Gasteiger partial charge in [0.05, 0.1) is 0 Å². The molecule has 1 N–H and O–H groups in total. The molecule has 0 saturated carbocycles. The second-order valence-electron chi connectivity index (χ2n) is 4.69. The Morgan fingerprint density at radius 2 is 1.90 bits per heavy atom. The lowest BCUT2D eigenvalue weighted by atomic mass is 10.0. The molecular formula is C17H13FN2O. The molecule has 0 fully saturated rings. The van der Waals surface area contributed by atoms with Crippen molar-refractivity contribution in [3.63, 3.8) is 0 Å². The monoisotopic (exact) mass is 280 g/mol. The largest absolute Gasteiger partial charge is 0.348 e. The Hall–Kier alpha value is -2.75. The number of halogens is 1. The molecule has 4 heteroatoms. The van der Waals surface area contributed by atoms with Crippen LogP contribution in [0.15, 0.2) is 60.8 Å². The van der Waals surface area contributed by atoms with E-state index >= 15 is 0 Å². The van der Waals surface area contributed by atoms with Crippen LogP contribution in [-0.4, -0.2) is 10.9 Å². The summed E-state index contributed by atoms with van der Waals surface area (Å²) in [5.41, 5.74) is 1.29. The van der Waals surface area contributed by atoms with E-state index in [1.165, 1.54) is 12.3 Å². The highest BCUT2D eigenvalue weighted by Crippen LogP contribution is 2.18. The Morgan fingerprint density at radius 1 is 1.10 bits per heavy atom. The zero-order valence-corrected chi connectivity index (χ0v) is 11.2. The Labute approximate surface area is 121 Å². The molecule has 3 aromatic rings. The smallest absolute Gasteiger partial charge is 0.251 e. The quantitative estimate of drug-likeness (QED) is 0.748. The molecule has 0 aliphatic rings. The van der Waals surface area contributed by atoms with Crippen LogP contribution in [0.4, 0.5) is 4.39 Å². The number of rotatable bonds is 3. The summed E-state index contributed by atoms with van der Waals surface area (Å²) in [5.74, 6) is -0.975. The first-order valence-electron chi connectivity index (χ1n) is 6.60. The van der Waals surface area contributed by atoms with E-state index in [9.17, 15) is 9.18 Å². The van der Waals surface area contributed by atoms with E-state index < -0.39 is 5.95 Å². The molecular weight excluding hydrogens is 267 g/mol. The first-order valence-corrected chi connectivity index (χ1v) is 6.60. The van der Waals surface area contributed by atoms with Gasteiger partial charge in [0.1, 0.15) is 0 Å². The molecule has 1 aromatic heterocycles. The van der Waals surface area contributed by atoms with E-state index in [1.54, 1.807) is 0 Å². The lowest BCUT2D eigenvalue weighted by molar-refractivity contribution is 0.0950. The summed E-state index contributed by atoms with van der Waals surface area (Å²) in [4.78, 5) is 15.4. The van der Waals surface area contributed by atoms with Gasteiger partial charge in [0.15, 0.2) is 0 Å².